The van der Waals surface area contributed by atoms with Crippen LogP contribution in [0.15, 0.2) is 12.4 Å². The molecule has 37 heavy (non-hydrogen) atoms. The lowest BCUT2D eigenvalue weighted by atomic mass is 9.84. The number of aryl methyl sites for hydroxylation is 1. The molecule has 4 aliphatic heterocycles. The Morgan fingerprint density at radius 3 is 2.51 bits per heavy atom. The van der Waals surface area contributed by atoms with Crippen LogP contribution in [0.25, 0.3) is 10.2 Å². The summed E-state index contributed by atoms with van der Waals surface area (Å²) in [5.41, 5.74) is 1.90. The third kappa shape index (κ3) is 4.60. The Bertz CT molecular complexity index is 1230. The van der Waals surface area contributed by atoms with Crippen molar-refractivity contribution in [2.24, 2.45) is 0 Å². The molecule has 2 N–H and O–H groups in total. The number of fused-ring (bicyclic) bond motifs is 3. The second-order valence-corrected chi connectivity index (χ2v) is 12.1. The molecule has 0 amide bonds. The average molecular weight is 524 g/mol. The number of piperazine rings is 1. The first-order chi connectivity index (χ1) is 18.1. The van der Waals surface area contributed by atoms with Gasteiger partial charge in [0.2, 0.25) is 5.95 Å². The summed E-state index contributed by atoms with van der Waals surface area (Å²) in [6.07, 6.45) is 12.2. The van der Waals surface area contributed by atoms with Crippen molar-refractivity contribution in [1.29, 1.82) is 0 Å². The van der Waals surface area contributed by atoms with E-state index in [0.717, 1.165) is 71.6 Å². The largest absolute Gasteiger partial charge is 0.381 e. The van der Waals surface area contributed by atoms with Gasteiger partial charge in [0.1, 0.15) is 5.82 Å². The number of ether oxygens (including phenoxy) is 1. The minimum atomic E-state index is 0.390. The van der Waals surface area contributed by atoms with Gasteiger partial charge in [-0.2, -0.15) is 19.4 Å². The van der Waals surface area contributed by atoms with Crippen LogP contribution in [0, 0.1) is 6.92 Å². The lowest BCUT2D eigenvalue weighted by Gasteiger charge is -2.57. The fraction of sp³-hybridized carbons (Fsp3) is 0.692. The quantitative estimate of drug-likeness (QED) is 0.500. The van der Waals surface area contributed by atoms with Crippen molar-refractivity contribution in [1.82, 2.24) is 33.9 Å². The SMILES string of the molecule is Cc1nsc2nc(Nc3cnn(C4CCOCC4)c3)nc(NC3CCC(N4CC5CC(C4)N5C)CC3)c12. The van der Waals surface area contributed by atoms with Gasteiger partial charge in [-0.1, -0.05) is 0 Å². The second-order valence-electron chi connectivity index (χ2n) is 11.3. The topological polar surface area (TPSA) is 96.3 Å². The van der Waals surface area contributed by atoms with Crippen molar-refractivity contribution in [3.05, 3.63) is 18.1 Å². The maximum Gasteiger partial charge on any atom is 0.230 e. The highest BCUT2D eigenvalue weighted by atomic mass is 32.1. The fourth-order valence-electron chi connectivity index (χ4n) is 6.74. The molecule has 1 aliphatic carbocycles. The molecular weight excluding hydrogens is 486 g/mol. The minimum absolute atomic E-state index is 0.390. The molecule has 1 saturated carbocycles. The first-order valence-electron chi connectivity index (χ1n) is 13.9. The molecule has 10 nitrogen and oxygen atoms in total. The van der Waals surface area contributed by atoms with Gasteiger partial charge in [-0.15, -0.1) is 0 Å². The van der Waals surface area contributed by atoms with Gasteiger partial charge in [-0.3, -0.25) is 14.5 Å². The number of piperidine rings is 1. The van der Waals surface area contributed by atoms with Gasteiger partial charge in [0.05, 0.1) is 29.0 Å². The lowest BCUT2D eigenvalue weighted by molar-refractivity contribution is -0.0701. The number of nitrogens with one attached hydrogen (secondary N) is 2. The summed E-state index contributed by atoms with van der Waals surface area (Å²) in [4.78, 5) is 16.0. The third-order valence-electron chi connectivity index (χ3n) is 9.07. The molecule has 11 heteroatoms. The van der Waals surface area contributed by atoms with Crippen molar-refractivity contribution in [3.8, 4) is 0 Å². The molecule has 4 saturated heterocycles. The Morgan fingerprint density at radius 2 is 1.76 bits per heavy atom. The summed E-state index contributed by atoms with van der Waals surface area (Å²) in [5.74, 6) is 1.50. The van der Waals surface area contributed by atoms with E-state index in [4.69, 9.17) is 14.7 Å². The number of hydrogen-bond donors (Lipinski definition) is 2. The Kier molecular flexibility index (Phi) is 6.26. The smallest absolute Gasteiger partial charge is 0.230 e. The van der Waals surface area contributed by atoms with E-state index in [-0.39, 0.29) is 0 Å². The van der Waals surface area contributed by atoms with Crippen LogP contribution in [0.2, 0.25) is 0 Å². The molecule has 2 bridgehead atoms. The first-order valence-corrected chi connectivity index (χ1v) is 14.6. The second kappa shape index (κ2) is 9.76. The molecule has 0 aromatic carbocycles. The van der Waals surface area contributed by atoms with E-state index < -0.39 is 0 Å². The van der Waals surface area contributed by atoms with Gasteiger partial charge in [-0.05, 0) is 70.4 Å². The highest BCUT2D eigenvalue weighted by Crippen LogP contribution is 2.36. The van der Waals surface area contributed by atoms with Gasteiger partial charge in [-0.25, -0.2) is 0 Å². The van der Waals surface area contributed by atoms with Gasteiger partial charge in [0.25, 0.3) is 0 Å². The zero-order valence-electron chi connectivity index (χ0n) is 21.8. The van der Waals surface area contributed by atoms with Crippen LogP contribution >= 0.6 is 11.5 Å². The summed E-state index contributed by atoms with van der Waals surface area (Å²) in [7, 11) is 2.29. The van der Waals surface area contributed by atoms with Crippen LogP contribution in [-0.2, 0) is 4.74 Å². The zero-order valence-corrected chi connectivity index (χ0v) is 22.6. The molecule has 5 fully saturated rings. The highest BCUT2D eigenvalue weighted by molar-refractivity contribution is 7.13. The van der Waals surface area contributed by atoms with Crippen LogP contribution < -0.4 is 10.6 Å². The van der Waals surface area contributed by atoms with Crippen molar-refractivity contribution in [2.75, 3.05) is 44.0 Å². The number of aromatic nitrogens is 5. The fourth-order valence-corrected chi connectivity index (χ4v) is 7.51. The molecule has 2 unspecified atom stereocenters. The van der Waals surface area contributed by atoms with E-state index in [1.54, 1.807) is 0 Å². The molecule has 3 aromatic heterocycles. The summed E-state index contributed by atoms with van der Waals surface area (Å²) in [5, 5.41) is 12.8. The predicted octanol–water partition coefficient (Wildman–Crippen LogP) is 3.80. The average Bonchev–Trinajstić information content (AvgIpc) is 3.56. The van der Waals surface area contributed by atoms with Crippen molar-refractivity contribution in [2.45, 2.75) is 82.1 Å². The number of anilines is 3. The Hall–Kier alpha value is -2.34. The summed E-state index contributed by atoms with van der Waals surface area (Å²) in [6, 6.07) is 3.12. The molecule has 3 aromatic rings. The Balaban J connectivity index is 1.03. The Morgan fingerprint density at radius 1 is 0.973 bits per heavy atom. The van der Waals surface area contributed by atoms with E-state index in [1.165, 1.54) is 56.7 Å². The first kappa shape index (κ1) is 23.8. The minimum Gasteiger partial charge on any atom is -0.381 e. The van der Waals surface area contributed by atoms with Gasteiger partial charge in [0, 0.05) is 56.7 Å². The van der Waals surface area contributed by atoms with Crippen LogP contribution in [-0.4, -0.2) is 91.4 Å². The van der Waals surface area contributed by atoms with E-state index in [2.05, 4.69) is 43.2 Å². The van der Waals surface area contributed by atoms with Crippen molar-refractivity contribution >= 4 is 39.2 Å². The molecule has 2 atom stereocenters. The predicted molar refractivity (Wildman–Crippen MR) is 146 cm³/mol. The van der Waals surface area contributed by atoms with Gasteiger partial charge < -0.3 is 15.4 Å². The van der Waals surface area contributed by atoms with Crippen LogP contribution in [0.1, 0.15) is 56.7 Å². The normalized spacial score (nSPS) is 29.4. The number of nitrogens with zero attached hydrogens (tertiary/aromatic N) is 7. The molecule has 8 rings (SSSR count). The molecule has 0 spiro atoms. The standard InChI is InChI=1S/C26H37N9OS/c1-16-23-24(28-17-3-5-19(6-4-17)34-14-21-11-22(15-34)33(21)2)30-26(31-25(23)37-32-16)29-18-12-27-35(13-18)20-7-9-36-10-8-20/h12-13,17,19-22H,3-11,14-15H2,1-2H3,(H2,28,29,30,31). The maximum absolute atomic E-state index is 5.50. The van der Waals surface area contributed by atoms with Crippen molar-refractivity contribution < 1.29 is 4.74 Å². The van der Waals surface area contributed by atoms with Gasteiger partial charge >= 0.3 is 0 Å². The van der Waals surface area contributed by atoms with Crippen molar-refractivity contribution in [3.63, 3.8) is 0 Å². The van der Waals surface area contributed by atoms with E-state index in [0.29, 0.717) is 18.0 Å². The highest BCUT2D eigenvalue weighted by Gasteiger charge is 2.44. The zero-order chi connectivity index (χ0) is 24.9. The van der Waals surface area contributed by atoms with E-state index in [1.807, 2.05) is 17.8 Å². The number of hydrogen-bond acceptors (Lipinski definition) is 10. The monoisotopic (exact) mass is 523 g/mol. The number of likely N-dealkylation sites (N-methyl/N-ethyl adjacent to an activating group) is 1. The van der Waals surface area contributed by atoms with Crippen LogP contribution in [0.5, 0.6) is 0 Å². The van der Waals surface area contributed by atoms with Gasteiger partial charge in [0.15, 0.2) is 4.83 Å². The van der Waals surface area contributed by atoms with Crippen LogP contribution in [0.4, 0.5) is 17.5 Å². The van der Waals surface area contributed by atoms with E-state index in [9.17, 15) is 0 Å². The number of rotatable bonds is 6. The third-order valence-corrected chi connectivity index (χ3v) is 9.90. The maximum atomic E-state index is 5.50. The molecular formula is C26H37N9OS. The summed E-state index contributed by atoms with van der Waals surface area (Å²) < 4.78 is 12.1. The van der Waals surface area contributed by atoms with E-state index >= 15 is 0 Å². The summed E-state index contributed by atoms with van der Waals surface area (Å²) in [6.45, 7) is 6.15. The molecule has 0 radical (unpaired) electrons. The molecule has 5 aliphatic rings. The Labute approximate surface area is 221 Å². The molecule has 7 heterocycles. The van der Waals surface area contributed by atoms with Crippen LogP contribution in [0.3, 0.4) is 0 Å². The molecule has 198 valence electrons. The lowest BCUT2D eigenvalue weighted by Crippen LogP contribution is -2.68. The summed E-state index contributed by atoms with van der Waals surface area (Å²) >= 11 is 1.44.